The van der Waals surface area contributed by atoms with Crippen molar-refractivity contribution in [2.75, 3.05) is 6.61 Å². The monoisotopic (exact) mass is 416 g/mol. The van der Waals surface area contributed by atoms with Crippen LogP contribution in [-0.2, 0) is 17.9 Å². The lowest BCUT2D eigenvalue weighted by Crippen LogP contribution is -2.34. The number of benzene rings is 3. The number of carbonyl (C=O) groups excluding carboxylic acids is 2. The number of carbonyl (C=O) groups is 2. The molecule has 0 saturated carbocycles. The number of nitriles is 1. The number of ether oxygens (including phenoxy) is 1. The normalized spacial score (nSPS) is 10.2. The van der Waals surface area contributed by atoms with E-state index in [4.69, 9.17) is 10.00 Å². The van der Waals surface area contributed by atoms with Gasteiger partial charge in [-0.1, -0.05) is 24.3 Å². The Labute approximate surface area is 180 Å². The Hall–Kier alpha value is -3.98. The van der Waals surface area contributed by atoms with Gasteiger partial charge in [-0.15, -0.1) is 0 Å². The van der Waals surface area contributed by atoms with Crippen molar-refractivity contribution in [1.82, 2.24) is 4.90 Å². The third-order valence-electron chi connectivity index (χ3n) is 4.69. The minimum atomic E-state index is -0.370. The first-order valence-corrected chi connectivity index (χ1v) is 9.69. The summed E-state index contributed by atoms with van der Waals surface area (Å²) in [6.07, 6.45) is 0. The van der Waals surface area contributed by atoms with E-state index in [0.29, 0.717) is 22.4 Å². The van der Waals surface area contributed by atoms with E-state index >= 15 is 0 Å². The van der Waals surface area contributed by atoms with Crippen LogP contribution in [0.25, 0.3) is 0 Å². The Morgan fingerprint density at radius 3 is 2.26 bits per heavy atom. The number of hydrogen-bond acceptors (Lipinski definition) is 4. The molecule has 0 spiro atoms. The standard InChI is InChI=1S/C25H21FN2O3/c1-18(29)22-9-11-24(12-10-22)31-17-25(30)28(16-21-3-2-4-23(26)13-21)15-20-7-5-19(14-27)6-8-20/h2-13H,15-17H2,1H3. The van der Waals surface area contributed by atoms with Gasteiger partial charge < -0.3 is 9.64 Å². The highest BCUT2D eigenvalue weighted by atomic mass is 19.1. The van der Waals surface area contributed by atoms with Crippen molar-refractivity contribution in [2.45, 2.75) is 20.0 Å². The summed E-state index contributed by atoms with van der Waals surface area (Å²) in [5, 5.41) is 8.96. The van der Waals surface area contributed by atoms with Gasteiger partial charge in [0.2, 0.25) is 0 Å². The van der Waals surface area contributed by atoms with Crippen molar-refractivity contribution in [2.24, 2.45) is 0 Å². The summed E-state index contributed by atoms with van der Waals surface area (Å²) < 4.78 is 19.2. The molecule has 0 bridgehead atoms. The SMILES string of the molecule is CC(=O)c1ccc(OCC(=O)N(Cc2ccc(C#N)cc2)Cc2cccc(F)c2)cc1. The molecule has 0 aromatic heterocycles. The number of Topliss-reactive ketones (excluding diaryl/α,β-unsaturated/α-hetero) is 1. The number of nitrogens with zero attached hydrogens (tertiary/aromatic N) is 2. The zero-order valence-corrected chi connectivity index (χ0v) is 17.0. The third kappa shape index (κ3) is 6.25. The minimum absolute atomic E-state index is 0.0497. The second-order valence-corrected chi connectivity index (χ2v) is 7.06. The maximum Gasteiger partial charge on any atom is 0.261 e. The highest BCUT2D eigenvalue weighted by Crippen LogP contribution is 2.15. The van der Waals surface area contributed by atoms with Crippen LogP contribution in [0.5, 0.6) is 5.75 Å². The van der Waals surface area contributed by atoms with E-state index in [-0.39, 0.29) is 37.2 Å². The van der Waals surface area contributed by atoms with Crippen LogP contribution in [0.1, 0.15) is 34.0 Å². The van der Waals surface area contributed by atoms with Crippen LogP contribution in [0.4, 0.5) is 4.39 Å². The topological polar surface area (TPSA) is 70.4 Å². The van der Waals surface area contributed by atoms with Crippen molar-refractivity contribution in [3.8, 4) is 11.8 Å². The molecule has 0 unspecified atom stereocenters. The molecular weight excluding hydrogens is 395 g/mol. The van der Waals surface area contributed by atoms with Crippen molar-refractivity contribution >= 4 is 11.7 Å². The molecule has 0 N–H and O–H groups in total. The van der Waals surface area contributed by atoms with Gasteiger partial charge >= 0.3 is 0 Å². The lowest BCUT2D eigenvalue weighted by Gasteiger charge is -2.23. The largest absolute Gasteiger partial charge is 0.484 e. The summed E-state index contributed by atoms with van der Waals surface area (Å²) >= 11 is 0. The highest BCUT2D eigenvalue weighted by molar-refractivity contribution is 5.94. The lowest BCUT2D eigenvalue weighted by atomic mass is 10.1. The Kier molecular flexibility index (Phi) is 7.13. The van der Waals surface area contributed by atoms with Crippen LogP contribution in [0.2, 0.25) is 0 Å². The Balaban J connectivity index is 1.72. The second kappa shape index (κ2) is 10.2. The smallest absolute Gasteiger partial charge is 0.261 e. The molecular formula is C25H21FN2O3. The van der Waals surface area contributed by atoms with Crippen molar-refractivity contribution in [3.05, 3.63) is 101 Å². The molecule has 1 amide bonds. The maximum absolute atomic E-state index is 13.6. The molecule has 0 heterocycles. The van der Waals surface area contributed by atoms with Crippen LogP contribution in [0.3, 0.4) is 0 Å². The van der Waals surface area contributed by atoms with E-state index in [1.54, 1.807) is 65.6 Å². The third-order valence-corrected chi connectivity index (χ3v) is 4.69. The van der Waals surface area contributed by atoms with Crippen LogP contribution in [0, 0.1) is 17.1 Å². The first kappa shape index (κ1) is 21.7. The van der Waals surface area contributed by atoms with Crippen LogP contribution in [0.15, 0.2) is 72.8 Å². The number of ketones is 1. The van der Waals surface area contributed by atoms with Gasteiger partial charge in [0, 0.05) is 18.7 Å². The average molecular weight is 416 g/mol. The van der Waals surface area contributed by atoms with Gasteiger partial charge in [-0.05, 0) is 66.6 Å². The number of halogens is 1. The van der Waals surface area contributed by atoms with Crippen LogP contribution >= 0.6 is 0 Å². The van der Waals surface area contributed by atoms with Gasteiger partial charge in [0.1, 0.15) is 11.6 Å². The van der Waals surface area contributed by atoms with E-state index in [2.05, 4.69) is 6.07 Å². The number of hydrogen-bond donors (Lipinski definition) is 0. The van der Waals surface area contributed by atoms with Gasteiger partial charge in [-0.2, -0.15) is 5.26 Å². The van der Waals surface area contributed by atoms with Crippen LogP contribution < -0.4 is 4.74 Å². The van der Waals surface area contributed by atoms with Gasteiger partial charge in [0.25, 0.3) is 5.91 Å². The zero-order chi connectivity index (χ0) is 22.2. The average Bonchev–Trinajstić information content (AvgIpc) is 2.78. The molecule has 0 radical (unpaired) electrons. The van der Waals surface area contributed by atoms with E-state index < -0.39 is 0 Å². The van der Waals surface area contributed by atoms with Gasteiger partial charge in [-0.3, -0.25) is 9.59 Å². The zero-order valence-electron chi connectivity index (χ0n) is 17.0. The summed E-state index contributed by atoms with van der Waals surface area (Å²) in [5.41, 5.74) is 2.60. The maximum atomic E-state index is 13.6. The summed E-state index contributed by atoms with van der Waals surface area (Å²) in [7, 11) is 0. The molecule has 6 heteroatoms. The number of rotatable bonds is 8. The van der Waals surface area contributed by atoms with Crippen molar-refractivity contribution in [3.63, 3.8) is 0 Å². The molecule has 0 atom stereocenters. The summed E-state index contributed by atoms with van der Waals surface area (Å²) in [5.74, 6) is -0.219. The van der Waals surface area contributed by atoms with E-state index in [1.165, 1.54) is 19.1 Å². The quantitative estimate of drug-likeness (QED) is 0.507. The predicted octanol–water partition coefficient (Wildman–Crippen LogP) is 4.51. The predicted molar refractivity (Wildman–Crippen MR) is 114 cm³/mol. The van der Waals surface area contributed by atoms with E-state index in [9.17, 15) is 14.0 Å². The second-order valence-electron chi connectivity index (χ2n) is 7.06. The molecule has 31 heavy (non-hydrogen) atoms. The molecule has 3 rings (SSSR count). The Morgan fingerprint density at radius 2 is 1.65 bits per heavy atom. The molecule has 0 fully saturated rings. The first-order valence-electron chi connectivity index (χ1n) is 9.69. The highest BCUT2D eigenvalue weighted by Gasteiger charge is 2.16. The fraction of sp³-hybridized carbons (Fsp3) is 0.160. The van der Waals surface area contributed by atoms with Crippen LogP contribution in [-0.4, -0.2) is 23.2 Å². The molecule has 0 aliphatic heterocycles. The first-order chi connectivity index (χ1) is 14.9. The van der Waals surface area contributed by atoms with E-state index in [1.807, 2.05) is 0 Å². The molecule has 156 valence electrons. The van der Waals surface area contributed by atoms with Gasteiger partial charge in [0.05, 0.1) is 11.6 Å². The summed E-state index contributed by atoms with van der Waals surface area (Å²) in [6, 6.07) is 21.7. The molecule has 0 aliphatic rings. The van der Waals surface area contributed by atoms with Gasteiger partial charge in [0.15, 0.2) is 12.4 Å². The molecule has 3 aromatic carbocycles. The lowest BCUT2D eigenvalue weighted by molar-refractivity contribution is -0.134. The van der Waals surface area contributed by atoms with E-state index in [0.717, 1.165) is 5.56 Å². The minimum Gasteiger partial charge on any atom is -0.484 e. The fourth-order valence-corrected chi connectivity index (χ4v) is 3.02. The van der Waals surface area contributed by atoms with Crippen molar-refractivity contribution in [1.29, 1.82) is 5.26 Å². The fourth-order valence-electron chi connectivity index (χ4n) is 3.02. The Bertz CT molecular complexity index is 1100. The molecule has 0 aliphatic carbocycles. The molecule has 0 saturated heterocycles. The van der Waals surface area contributed by atoms with Crippen molar-refractivity contribution < 1.29 is 18.7 Å². The summed E-state index contributed by atoms with van der Waals surface area (Å²) in [6.45, 7) is 1.77. The molecule has 3 aromatic rings. The molecule has 5 nitrogen and oxygen atoms in total. The Morgan fingerprint density at radius 1 is 0.968 bits per heavy atom. The van der Waals surface area contributed by atoms with Gasteiger partial charge in [-0.25, -0.2) is 4.39 Å². The number of amides is 1. The summed E-state index contributed by atoms with van der Waals surface area (Å²) in [4.78, 5) is 25.9.